The molecule has 4 aliphatic rings. The highest BCUT2D eigenvalue weighted by atomic mass is 31.3. The Morgan fingerprint density at radius 3 is 1.82 bits per heavy atom. The summed E-state index contributed by atoms with van der Waals surface area (Å²) >= 11 is 0. The lowest BCUT2D eigenvalue weighted by Crippen LogP contribution is -2.37. The minimum Gasteiger partial charge on any atom is -0.397 e. The first-order chi connectivity index (χ1) is 36.8. The van der Waals surface area contributed by atoms with Gasteiger partial charge in [-0.2, -0.15) is 18.6 Å². The first-order valence-corrected chi connectivity index (χ1v) is 29.3. The van der Waals surface area contributed by atoms with Crippen LogP contribution in [-0.4, -0.2) is 179 Å². The maximum Gasteiger partial charge on any atom is 0.490 e. The maximum atomic E-state index is 14.0. The Morgan fingerprint density at radius 1 is 0.679 bits per heavy atom. The number of nitrogens with two attached hydrogens (primary N) is 3. The van der Waals surface area contributed by atoms with E-state index in [0.717, 1.165) is 28.9 Å². The summed E-state index contributed by atoms with van der Waals surface area (Å²) in [6.45, 7) is -2.40. The average molecular weight is 1180 g/mol. The molecular formula is C37H52N14O23P4. The highest BCUT2D eigenvalue weighted by Crippen LogP contribution is 2.68. The number of ether oxygens (including phenoxy) is 5. The molecule has 5 unspecified atom stereocenters. The lowest BCUT2D eigenvalue weighted by molar-refractivity contribution is -0.0587. The Bertz CT molecular complexity index is 3420. The number of hydrogen-bond donors (Lipinski definition) is 12. The van der Waals surface area contributed by atoms with Crippen molar-refractivity contribution in [1.82, 2.24) is 48.6 Å². The number of allylic oxidation sites excluding steroid dienone is 1. The second-order valence-corrected chi connectivity index (χ2v) is 24.4. The predicted molar refractivity (Wildman–Crippen MR) is 261 cm³/mol. The van der Waals surface area contributed by atoms with Gasteiger partial charge in [0.2, 0.25) is 11.9 Å². The van der Waals surface area contributed by atoms with Gasteiger partial charge in [-0.1, -0.05) is 6.08 Å². The highest BCUT2D eigenvalue weighted by molar-refractivity contribution is 7.66. The van der Waals surface area contributed by atoms with Gasteiger partial charge in [0.25, 0.3) is 11.1 Å². The standard InChI is InChI=1S/C37H52N14O23P4/c1-65-9-15-18(70-33(23(15)52)50-13-43-21-29(50)45-36(39)47-31(21)55)10-67-76(59,60)73-78(63,64)74-77(61,62)68-11-19-26(27(66-2)35(71-19)49-12-42-20-16(38)5-3-4-7-41-28(20)49)72-75(57,58)8-6-17-24(53)25(54)34(69-17)51-14-44-22-30(51)46-37(40)48-32(22)56/h5,7,12-15,17-19,23-27,33-35,52-54H,3-4,6,8-11,38H2,1-2H3,(H,57,58)(H,59,60)(H,61,62)(H,63,64)(H3,39,45,47,55)(H3,40,46,48,56)/t15-,17-,18-,19?,23-,24-,25-,26-,27-,33-,34-,35-/m1/s1. The van der Waals surface area contributed by atoms with Gasteiger partial charge in [0.1, 0.15) is 42.3 Å². The number of nitrogens with one attached hydrogen (secondary N) is 2. The van der Waals surface area contributed by atoms with Gasteiger partial charge in [0.05, 0.1) is 62.9 Å². The minimum absolute atomic E-state index is 0.101. The molecule has 41 heteroatoms. The van der Waals surface area contributed by atoms with Gasteiger partial charge in [0, 0.05) is 26.4 Å². The molecule has 0 radical (unpaired) electrons. The molecule has 15 N–H and O–H groups in total. The first kappa shape index (κ1) is 57.6. The number of rotatable bonds is 21. The van der Waals surface area contributed by atoms with E-state index in [4.69, 9.17) is 54.5 Å². The van der Waals surface area contributed by atoms with Crippen molar-refractivity contribution in [2.75, 3.05) is 51.7 Å². The summed E-state index contributed by atoms with van der Waals surface area (Å²) in [5, 5.41) is 33.1. The van der Waals surface area contributed by atoms with E-state index in [1.807, 2.05) is 0 Å². The number of aliphatic hydroxyl groups excluding tert-OH is 3. The van der Waals surface area contributed by atoms with Crippen LogP contribution in [0.4, 0.5) is 17.7 Å². The summed E-state index contributed by atoms with van der Waals surface area (Å²) in [5.74, 6) is -1.49. The van der Waals surface area contributed by atoms with Crippen LogP contribution in [0.15, 0.2) is 39.6 Å². The van der Waals surface area contributed by atoms with Crippen molar-refractivity contribution in [3.8, 4) is 0 Å². The highest BCUT2D eigenvalue weighted by Gasteiger charge is 2.53. The molecule has 0 spiro atoms. The fourth-order valence-corrected chi connectivity index (χ4v) is 14.0. The number of aliphatic imine (C=N–C) groups is 1. The number of fused-ring (bicyclic) bond motifs is 3. The normalized spacial score (nSPS) is 30.6. The Balaban J connectivity index is 0.879. The topological polar surface area (TPSA) is 538 Å². The molecule has 5 aromatic heterocycles. The molecule has 0 amide bonds. The van der Waals surface area contributed by atoms with Crippen molar-refractivity contribution in [2.45, 2.75) is 86.8 Å². The minimum atomic E-state index is -6.16. The molecule has 3 saturated heterocycles. The zero-order valence-electron chi connectivity index (χ0n) is 40.5. The summed E-state index contributed by atoms with van der Waals surface area (Å²) in [6, 6.07) is 0. The molecule has 428 valence electrons. The lowest BCUT2D eigenvalue weighted by Gasteiger charge is -2.26. The van der Waals surface area contributed by atoms with E-state index in [0.29, 0.717) is 12.8 Å². The number of hydrogen-bond acceptors (Lipinski definition) is 28. The fraction of sp³-hybridized carbons (Fsp3) is 0.568. The molecule has 0 bridgehead atoms. The third-order valence-electron chi connectivity index (χ3n) is 12.6. The van der Waals surface area contributed by atoms with Crippen molar-refractivity contribution in [3.63, 3.8) is 0 Å². The number of phosphoric acid groups is 3. The van der Waals surface area contributed by atoms with E-state index in [2.05, 4.69) is 48.5 Å². The zero-order valence-corrected chi connectivity index (χ0v) is 44.1. The quantitative estimate of drug-likeness (QED) is 0.0372. The molecule has 0 aliphatic carbocycles. The smallest absolute Gasteiger partial charge is 0.397 e. The van der Waals surface area contributed by atoms with Crippen LogP contribution in [0, 0.1) is 5.92 Å². The monoisotopic (exact) mass is 1180 g/mol. The van der Waals surface area contributed by atoms with Crippen LogP contribution in [0.3, 0.4) is 0 Å². The van der Waals surface area contributed by atoms with E-state index >= 15 is 0 Å². The van der Waals surface area contributed by atoms with Gasteiger partial charge in [0.15, 0.2) is 46.8 Å². The van der Waals surface area contributed by atoms with Gasteiger partial charge >= 0.3 is 31.1 Å². The lowest BCUT2D eigenvalue weighted by atomic mass is 9.99. The number of aliphatic hydroxyl groups is 3. The second kappa shape index (κ2) is 22.5. The first-order valence-electron chi connectivity index (χ1n) is 23.0. The molecule has 3 fully saturated rings. The van der Waals surface area contributed by atoms with Crippen LogP contribution in [0.25, 0.3) is 28.0 Å². The SMILES string of the molecule is COC[C@H]1[C@@H](O)[C@H](n2cnc3c(=O)[nH]c(N)nc32)O[C@@H]1COP(=O)(O)OP(=O)(O)OP(=O)(O)OCC1O[C@@H](n2cnc3c2N=CCCC=C3N)[C@H](OC)[C@@H]1OP(=O)(O)CC[C@H]1O[C@@H](n2cnc3c(=O)[nH]c(N)nc32)[C@H](O)[C@@H]1O. The number of methoxy groups -OCH3 is 2. The number of anilines is 2. The number of nitrogen functional groups attached to an aromatic ring is 2. The summed E-state index contributed by atoms with van der Waals surface area (Å²) in [5.41, 5.74) is 16.1. The van der Waals surface area contributed by atoms with Crippen molar-refractivity contribution in [3.05, 3.63) is 51.5 Å². The Hall–Kier alpha value is -5.04. The van der Waals surface area contributed by atoms with Crippen molar-refractivity contribution in [2.24, 2.45) is 16.6 Å². The van der Waals surface area contributed by atoms with Gasteiger partial charge in [-0.15, -0.1) is 0 Å². The zero-order chi connectivity index (χ0) is 56.2. The maximum absolute atomic E-state index is 14.0. The summed E-state index contributed by atoms with van der Waals surface area (Å²) in [7, 11) is -20.4. The number of aromatic nitrogens is 10. The van der Waals surface area contributed by atoms with E-state index < -0.39 is 141 Å². The molecule has 37 nitrogen and oxygen atoms in total. The second-order valence-electron chi connectivity index (χ2n) is 17.8. The number of H-pyrrole nitrogens is 2. The van der Waals surface area contributed by atoms with Crippen LogP contribution in [0.2, 0.25) is 0 Å². The number of aromatic amines is 2. The van der Waals surface area contributed by atoms with Gasteiger partial charge in [-0.3, -0.25) is 51.4 Å². The molecule has 0 aromatic carbocycles. The van der Waals surface area contributed by atoms with E-state index in [1.54, 1.807) is 12.3 Å². The Labute approximate surface area is 436 Å². The van der Waals surface area contributed by atoms with Gasteiger partial charge in [-0.05, 0) is 19.3 Å². The van der Waals surface area contributed by atoms with Crippen molar-refractivity contribution < 1.29 is 99.0 Å². The largest absolute Gasteiger partial charge is 0.490 e. The summed E-state index contributed by atoms with van der Waals surface area (Å²) in [6.07, 6.45) is -10.2. The third kappa shape index (κ3) is 12.0. The van der Waals surface area contributed by atoms with E-state index in [1.165, 1.54) is 18.0 Å². The van der Waals surface area contributed by atoms with Crippen molar-refractivity contribution >= 4 is 83.0 Å². The van der Waals surface area contributed by atoms with Crippen LogP contribution >= 0.6 is 31.1 Å². The molecule has 16 atom stereocenters. The molecule has 4 aliphatic heterocycles. The number of nitrogens with zero attached hydrogens (tertiary/aromatic N) is 9. The van der Waals surface area contributed by atoms with Gasteiger partial charge < -0.3 is 75.8 Å². The molecule has 9 heterocycles. The molecule has 78 heavy (non-hydrogen) atoms. The van der Waals surface area contributed by atoms with E-state index in [-0.39, 0.29) is 58.0 Å². The van der Waals surface area contributed by atoms with Crippen LogP contribution in [0.5, 0.6) is 0 Å². The van der Waals surface area contributed by atoms with E-state index in [9.17, 15) is 62.7 Å². The molecule has 0 saturated carbocycles. The summed E-state index contributed by atoms with van der Waals surface area (Å²) in [4.78, 5) is 97.1. The molecule has 9 rings (SSSR count). The number of phosphoric ester groups is 2. The predicted octanol–water partition coefficient (Wildman–Crippen LogP) is -1.51. The third-order valence-corrected chi connectivity index (χ3v) is 18.3. The average Bonchev–Trinajstić information content (AvgIpc) is 4.33. The summed E-state index contributed by atoms with van der Waals surface area (Å²) < 4.78 is 110. The van der Waals surface area contributed by atoms with Gasteiger partial charge in [-0.25, -0.2) is 33.6 Å². The van der Waals surface area contributed by atoms with Crippen LogP contribution in [-0.2, 0) is 64.1 Å². The van der Waals surface area contributed by atoms with Crippen molar-refractivity contribution in [1.29, 1.82) is 0 Å². The number of imidazole rings is 3. The Morgan fingerprint density at radius 2 is 1.23 bits per heavy atom. The molecule has 5 aromatic rings. The van der Waals surface area contributed by atoms with Crippen LogP contribution < -0.4 is 28.3 Å². The molecular weight excluding hydrogens is 1130 g/mol. The Kier molecular flexibility index (Phi) is 16.6. The fourth-order valence-electron chi connectivity index (χ4n) is 9.11. The van der Waals surface area contributed by atoms with Crippen LogP contribution in [0.1, 0.15) is 43.6 Å².